The highest BCUT2D eigenvalue weighted by atomic mass is 19.1. The van der Waals surface area contributed by atoms with E-state index in [-0.39, 0.29) is 24.2 Å². The van der Waals surface area contributed by atoms with E-state index in [1.54, 1.807) is 6.07 Å². The van der Waals surface area contributed by atoms with Gasteiger partial charge in [-0.05, 0) is 42.9 Å². The number of methoxy groups -OCH3 is 1. The van der Waals surface area contributed by atoms with Crippen LogP contribution in [0.4, 0.5) is 4.39 Å². The number of rotatable bonds is 5. The number of amides is 1. The van der Waals surface area contributed by atoms with Crippen molar-refractivity contribution in [2.75, 3.05) is 13.7 Å². The molecular weight excluding hydrogens is 261 g/mol. The van der Waals surface area contributed by atoms with Crippen molar-refractivity contribution >= 4 is 5.91 Å². The number of nitrogens with one attached hydrogen (secondary N) is 1. The molecule has 2 rings (SSSR count). The second-order valence-corrected chi connectivity index (χ2v) is 5.28. The third-order valence-electron chi connectivity index (χ3n) is 3.68. The van der Waals surface area contributed by atoms with Gasteiger partial charge in [-0.25, -0.2) is 4.39 Å². The van der Waals surface area contributed by atoms with Crippen LogP contribution in [0.15, 0.2) is 18.2 Å². The molecule has 1 aromatic carbocycles. The summed E-state index contributed by atoms with van der Waals surface area (Å²) >= 11 is 0. The molecule has 2 atom stereocenters. The monoisotopic (exact) mass is 281 g/mol. The van der Waals surface area contributed by atoms with Crippen LogP contribution >= 0.6 is 0 Å². The molecular formula is C15H20FNO3. The highest BCUT2D eigenvalue weighted by molar-refractivity contribution is 5.78. The first kappa shape index (κ1) is 14.8. The lowest BCUT2D eigenvalue weighted by molar-refractivity contribution is -0.120. The summed E-state index contributed by atoms with van der Waals surface area (Å²) in [7, 11) is 1.40. The standard InChI is InChI=1S/C15H20FNO3/c1-20-14-5-3-10(7-13(14)16)8-15(19)17-9-11-2-4-12(18)6-11/h3,5,7,11-12,18H,2,4,6,8-9H2,1H3,(H,17,19). The van der Waals surface area contributed by atoms with Gasteiger partial charge in [-0.2, -0.15) is 0 Å². The second-order valence-electron chi connectivity index (χ2n) is 5.28. The SMILES string of the molecule is COc1ccc(CC(=O)NCC2CCC(O)C2)cc1F. The van der Waals surface area contributed by atoms with Gasteiger partial charge in [0.25, 0.3) is 0 Å². The van der Waals surface area contributed by atoms with Crippen LogP contribution in [0, 0.1) is 11.7 Å². The van der Waals surface area contributed by atoms with Crippen LogP contribution in [0.1, 0.15) is 24.8 Å². The van der Waals surface area contributed by atoms with E-state index >= 15 is 0 Å². The zero-order valence-corrected chi connectivity index (χ0v) is 11.6. The third kappa shape index (κ3) is 3.93. The van der Waals surface area contributed by atoms with Crippen LogP contribution in [0.3, 0.4) is 0 Å². The fraction of sp³-hybridized carbons (Fsp3) is 0.533. The van der Waals surface area contributed by atoms with Crippen LogP contribution in [-0.4, -0.2) is 30.8 Å². The summed E-state index contributed by atoms with van der Waals surface area (Å²) < 4.78 is 18.3. The zero-order valence-electron chi connectivity index (χ0n) is 11.6. The van der Waals surface area contributed by atoms with Crippen LogP contribution in [0.5, 0.6) is 5.75 Å². The van der Waals surface area contributed by atoms with E-state index in [0.29, 0.717) is 18.0 Å². The topological polar surface area (TPSA) is 58.6 Å². The average Bonchev–Trinajstić information content (AvgIpc) is 2.82. The molecule has 1 aliphatic carbocycles. The quantitative estimate of drug-likeness (QED) is 0.863. The average molecular weight is 281 g/mol. The summed E-state index contributed by atoms with van der Waals surface area (Å²) in [5.41, 5.74) is 0.618. The second kappa shape index (κ2) is 6.70. The number of carbonyl (C=O) groups excluding carboxylic acids is 1. The van der Waals surface area contributed by atoms with Gasteiger partial charge in [0, 0.05) is 6.54 Å². The molecule has 2 unspecified atom stereocenters. The molecule has 1 aromatic rings. The Morgan fingerprint density at radius 1 is 1.50 bits per heavy atom. The van der Waals surface area contributed by atoms with Crippen molar-refractivity contribution in [3.05, 3.63) is 29.6 Å². The van der Waals surface area contributed by atoms with Crippen molar-refractivity contribution in [2.24, 2.45) is 5.92 Å². The highest BCUT2D eigenvalue weighted by Gasteiger charge is 2.22. The van der Waals surface area contributed by atoms with Crippen LogP contribution < -0.4 is 10.1 Å². The predicted octanol–water partition coefficient (Wildman–Crippen LogP) is 1.65. The maximum atomic E-state index is 13.5. The maximum Gasteiger partial charge on any atom is 0.224 e. The van der Waals surface area contributed by atoms with Crippen LogP contribution in [-0.2, 0) is 11.2 Å². The number of halogens is 1. The Labute approximate surface area is 117 Å². The van der Waals surface area contributed by atoms with E-state index in [0.717, 1.165) is 19.3 Å². The number of carbonyl (C=O) groups is 1. The Morgan fingerprint density at radius 2 is 2.30 bits per heavy atom. The van der Waals surface area contributed by atoms with Crippen molar-refractivity contribution in [1.29, 1.82) is 0 Å². The lowest BCUT2D eigenvalue weighted by atomic mass is 10.1. The summed E-state index contributed by atoms with van der Waals surface area (Å²) in [6.45, 7) is 0.578. The first-order valence-electron chi connectivity index (χ1n) is 6.85. The first-order chi connectivity index (χ1) is 9.58. The number of aliphatic hydroxyl groups excluding tert-OH is 1. The van der Waals surface area contributed by atoms with Gasteiger partial charge in [-0.3, -0.25) is 4.79 Å². The van der Waals surface area contributed by atoms with Gasteiger partial charge in [0.2, 0.25) is 5.91 Å². The van der Waals surface area contributed by atoms with E-state index in [1.165, 1.54) is 19.2 Å². The smallest absolute Gasteiger partial charge is 0.224 e. The van der Waals surface area contributed by atoms with E-state index in [1.807, 2.05) is 0 Å². The highest BCUT2D eigenvalue weighted by Crippen LogP contribution is 2.24. The minimum Gasteiger partial charge on any atom is -0.494 e. The van der Waals surface area contributed by atoms with E-state index in [4.69, 9.17) is 4.74 Å². The minimum absolute atomic E-state index is 0.129. The van der Waals surface area contributed by atoms with Crippen molar-refractivity contribution < 1.29 is 19.0 Å². The minimum atomic E-state index is -0.461. The summed E-state index contributed by atoms with van der Waals surface area (Å²) in [5.74, 6) is -0.0664. The largest absolute Gasteiger partial charge is 0.494 e. The van der Waals surface area contributed by atoms with Crippen LogP contribution in [0.25, 0.3) is 0 Å². The van der Waals surface area contributed by atoms with Gasteiger partial charge in [0.15, 0.2) is 11.6 Å². The Morgan fingerprint density at radius 3 is 2.90 bits per heavy atom. The molecule has 0 saturated heterocycles. The molecule has 1 fully saturated rings. The first-order valence-corrected chi connectivity index (χ1v) is 6.85. The molecule has 0 bridgehead atoms. The fourth-order valence-corrected chi connectivity index (χ4v) is 2.56. The van der Waals surface area contributed by atoms with Gasteiger partial charge in [-0.1, -0.05) is 6.07 Å². The lowest BCUT2D eigenvalue weighted by Gasteiger charge is -2.11. The fourth-order valence-electron chi connectivity index (χ4n) is 2.56. The molecule has 0 radical (unpaired) electrons. The van der Waals surface area contributed by atoms with Gasteiger partial charge in [0.05, 0.1) is 19.6 Å². The number of aliphatic hydroxyl groups is 1. The molecule has 5 heteroatoms. The predicted molar refractivity (Wildman–Crippen MR) is 73.0 cm³/mol. The molecule has 1 amide bonds. The van der Waals surface area contributed by atoms with Gasteiger partial charge < -0.3 is 15.2 Å². The molecule has 1 saturated carbocycles. The molecule has 20 heavy (non-hydrogen) atoms. The number of hydrogen-bond donors (Lipinski definition) is 2. The summed E-state index contributed by atoms with van der Waals surface area (Å²) in [6.07, 6.45) is 2.42. The lowest BCUT2D eigenvalue weighted by Crippen LogP contribution is -2.30. The Bertz CT molecular complexity index is 478. The van der Waals surface area contributed by atoms with E-state index in [9.17, 15) is 14.3 Å². The zero-order chi connectivity index (χ0) is 14.5. The number of benzene rings is 1. The molecule has 1 aliphatic rings. The molecule has 110 valence electrons. The molecule has 2 N–H and O–H groups in total. The summed E-state index contributed by atoms with van der Waals surface area (Å²) in [4.78, 5) is 11.8. The molecule has 4 nitrogen and oxygen atoms in total. The van der Waals surface area contributed by atoms with Crippen molar-refractivity contribution in [3.8, 4) is 5.75 Å². The molecule has 0 spiro atoms. The van der Waals surface area contributed by atoms with E-state index < -0.39 is 5.82 Å². The van der Waals surface area contributed by atoms with Crippen molar-refractivity contribution in [1.82, 2.24) is 5.32 Å². The van der Waals surface area contributed by atoms with Crippen molar-refractivity contribution in [2.45, 2.75) is 31.8 Å². The maximum absolute atomic E-state index is 13.5. The Kier molecular flexibility index (Phi) is 4.95. The van der Waals surface area contributed by atoms with Crippen LogP contribution in [0.2, 0.25) is 0 Å². The van der Waals surface area contributed by atoms with Gasteiger partial charge in [0.1, 0.15) is 0 Å². The van der Waals surface area contributed by atoms with E-state index in [2.05, 4.69) is 5.32 Å². The van der Waals surface area contributed by atoms with Gasteiger partial charge >= 0.3 is 0 Å². The number of ether oxygens (including phenoxy) is 1. The Hall–Kier alpha value is -1.62. The molecule has 0 aromatic heterocycles. The molecule has 0 heterocycles. The summed E-state index contributed by atoms with van der Waals surface area (Å²) in [5, 5.41) is 12.3. The molecule has 0 aliphatic heterocycles. The third-order valence-corrected chi connectivity index (χ3v) is 3.68. The summed E-state index contributed by atoms with van der Waals surface area (Å²) in [6, 6.07) is 4.52. The Balaban J connectivity index is 1.80. The van der Waals surface area contributed by atoms with Gasteiger partial charge in [-0.15, -0.1) is 0 Å². The normalized spacial score (nSPS) is 21.8. The number of hydrogen-bond acceptors (Lipinski definition) is 3. The van der Waals surface area contributed by atoms with Crippen molar-refractivity contribution in [3.63, 3.8) is 0 Å².